The van der Waals surface area contributed by atoms with Gasteiger partial charge >= 0.3 is 5.97 Å². The Morgan fingerprint density at radius 2 is 1.95 bits per heavy atom. The van der Waals surface area contributed by atoms with Gasteiger partial charge in [-0.2, -0.15) is 0 Å². The Labute approximate surface area is 118 Å². The van der Waals surface area contributed by atoms with Crippen LogP contribution >= 0.6 is 0 Å². The van der Waals surface area contributed by atoms with Crippen molar-refractivity contribution in [3.05, 3.63) is 29.8 Å². The zero-order valence-electron chi connectivity index (χ0n) is 11.4. The van der Waals surface area contributed by atoms with Crippen molar-refractivity contribution in [2.24, 2.45) is 0 Å². The molecule has 5 heteroatoms. The highest BCUT2D eigenvalue weighted by molar-refractivity contribution is 5.92. The molecule has 0 aliphatic heterocycles. The highest BCUT2D eigenvalue weighted by Gasteiger charge is 2.13. The fourth-order valence-corrected chi connectivity index (χ4v) is 1.72. The average Bonchev–Trinajstić information content (AvgIpc) is 2.39. The Balaban J connectivity index is 2.56. The van der Waals surface area contributed by atoms with E-state index in [0.717, 1.165) is 6.42 Å². The van der Waals surface area contributed by atoms with Crippen LogP contribution in [0.4, 0.5) is 5.69 Å². The number of anilines is 1. The number of carboxylic acids is 1. The van der Waals surface area contributed by atoms with Crippen molar-refractivity contribution >= 4 is 17.6 Å². The van der Waals surface area contributed by atoms with Crippen LogP contribution in [-0.4, -0.2) is 41.5 Å². The van der Waals surface area contributed by atoms with Crippen molar-refractivity contribution in [1.29, 1.82) is 0 Å². The molecular formula is C15H18N2O3. The number of terminal acetylenes is 1. The summed E-state index contributed by atoms with van der Waals surface area (Å²) in [6, 6.07) is 7.51. The number of carboxylic acid groups (broad SMARTS) is 1. The second kappa shape index (κ2) is 7.97. The topological polar surface area (TPSA) is 69.6 Å². The zero-order chi connectivity index (χ0) is 15.0. The summed E-state index contributed by atoms with van der Waals surface area (Å²) in [6.07, 6.45) is 6.08. The summed E-state index contributed by atoms with van der Waals surface area (Å²) in [5, 5.41) is 11.4. The predicted molar refractivity (Wildman–Crippen MR) is 77.4 cm³/mol. The third kappa shape index (κ3) is 5.55. The molecule has 0 aromatic heterocycles. The highest BCUT2D eigenvalue weighted by atomic mass is 16.4. The lowest BCUT2D eigenvalue weighted by Crippen LogP contribution is -2.37. The molecule has 1 aromatic carbocycles. The largest absolute Gasteiger partial charge is 0.480 e. The molecule has 2 N–H and O–H groups in total. The van der Waals surface area contributed by atoms with Gasteiger partial charge in [-0.15, -0.1) is 6.42 Å². The first-order chi connectivity index (χ1) is 9.55. The van der Waals surface area contributed by atoms with Crippen LogP contribution < -0.4 is 5.32 Å². The summed E-state index contributed by atoms with van der Waals surface area (Å²) in [6.45, 7) is 1.87. The standard InChI is InChI=1S/C15H18N2O3/c1-3-9-17(11-15(19)20)10-14(18)16-13-7-5-12(4-2)6-8-13/h1,5-8H,4,9-11H2,2H3,(H,16,18)(H,19,20). The smallest absolute Gasteiger partial charge is 0.317 e. The molecular weight excluding hydrogens is 256 g/mol. The Kier molecular flexibility index (Phi) is 6.27. The molecule has 1 aromatic rings. The van der Waals surface area contributed by atoms with Gasteiger partial charge in [0.2, 0.25) is 5.91 Å². The number of hydrogen-bond donors (Lipinski definition) is 2. The summed E-state index contributed by atoms with van der Waals surface area (Å²) in [5.74, 6) is 1.04. The van der Waals surface area contributed by atoms with Gasteiger partial charge in [-0.3, -0.25) is 14.5 Å². The number of rotatable bonds is 7. The molecule has 0 unspecified atom stereocenters. The van der Waals surface area contributed by atoms with Crippen molar-refractivity contribution in [1.82, 2.24) is 4.90 Å². The van der Waals surface area contributed by atoms with E-state index in [9.17, 15) is 9.59 Å². The predicted octanol–water partition coefficient (Wildman–Crippen LogP) is 1.21. The van der Waals surface area contributed by atoms with Crippen LogP contribution in [0.2, 0.25) is 0 Å². The fourth-order valence-electron chi connectivity index (χ4n) is 1.72. The van der Waals surface area contributed by atoms with Gasteiger partial charge in [0.15, 0.2) is 0 Å². The number of aliphatic carboxylic acids is 1. The molecule has 1 amide bonds. The third-order valence-electron chi connectivity index (χ3n) is 2.69. The Morgan fingerprint density at radius 1 is 1.30 bits per heavy atom. The maximum atomic E-state index is 11.8. The first-order valence-corrected chi connectivity index (χ1v) is 6.31. The molecule has 0 fully saturated rings. The lowest BCUT2D eigenvalue weighted by molar-refractivity contribution is -0.138. The van der Waals surface area contributed by atoms with Crippen LogP contribution in [0, 0.1) is 12.3 Å². The van der Waals surface area contributed by atoms with E-state index in [2.05, 4.69) is 18.2 Å². The van der Waals surface area contributed by atoms with E-state index in [1.165, 1.54) is 10.5 Å². The lowest BCUT2D eigenvalue weighted by atomic mass is 10.1. The fraction of sp³-hybridized carbons (Fsp3) is 0.333. The molecule has 0 saturated heterocycles. The van der Waals surface area contributed by atoms with Crippen molar-refractivity contribution in [2.75, 3.05) is 25.0 Å². The van der Waals surface area contributed by atoms with E-state index in [1.54, 1.807) is 0 Å². The molecule has 0 aliphatic carbocycles. The Hall–Kier alpha value is -2.32. The number of benzene rings is 1. The van der Waals surface area contributed by atoms with Gasteiger partial charge in [-0.05, 0) is 24.1 Å². The van der Waals surface area contributed by atoms with E-state index in [-0.39, 0.29) is 25.5 Å². The first kappa shape index (κ1) is 15.7. The molecule has 0 atom stereocenters. The maximum absolute atomic E-state index is 11.8. The van der Waals surface area contributed by atoms with Crippen molar-refractivity contribution in [3.63, 3.8) is 0 Å². The summed E-state index contributed by atoms with van der Waals surface area (Å²) in [4.78, 5) is 23.9. The zero-order valence-corrected chi connectivity index (χ0v) is 11.4. The molecule has 20 heavy (non-hydrogen) atoms. The number of amides is 1. The first-order valence-electron chi connectivity index (χ1n) is 6.31. The van der Waals surface area contributed by atoms with Gasteiger partial charge in [0.25, 0.3) is 0 Å². The summed E-state index contributed by atoms with van der Waals surface area (Å²) in [7, 11) is 0. The molecule has 0 heterocycles. The van der Waals surface area contributed by atoms with Gasteiger partial charge in [-0.25, -0.2) is 0 Å². The number of carbonyl (C=O) groups excluding carboxylic acids is 1. The number of nitrogens with one attached hydrogen (secondary N) is 1. The van der Waals surface area contributed by atoms with E-state index in [4.69, 9.17) is 11.5 Å². The molecule has 106 valence electrons. The van der Waals surface area contributed by atoms with Crippen molar-refractivity contribution in [2.45, 2.75) is 13.3 Å². The average molecular weight is 274 g/mol. The van der Waals surface area contributed by atoms with Crippen LogP contribution in [0.25, 0.3) is 0 Å². The van der Waals surface area contributed by atoms with Crippen molar-refractivity contribution in [3.8, 4) is 12.3 Å². The second-order valence-electron chi connectivity index (χ2n) is 4.34. The van der Waals surface area contributed by atoms with E-state index < -0.39 is 5.97 Å². The minimum absolute atomic E-state index is 0.0496. The summed E-state index contributed by atoms with van der Waals surface area (Å²) in [5.41, 5.74) is 1.87. The third-order valence-corrected chi connectivity index (χ3v) is 2.69. The van der Waals surface area contributed by atoms with Gasteiger partial charge in [0.1, 0.15) is 0 Å². The number of aryl methyl sites for hydroxylation is 1. The minimum Gasteiger partial charge on any atom is -0.480 e. The maximum Gasteiger partial charge on any atom is 0.317 e. The lowest BCUT2D eigenvalue weighted by Gasteiger charge is -2.16. The van der Waals surface area contributed by atoms with Crippen LogP contribution in [-0.2, 0) is 16.0 Å². The van der Waals surface area contributed by atoms with Crippen LogP contribution in [0.5, 0.6) is 0 Å². The van der Waals surface area contributed by atoms with Crippen LogP contribution in [0.3, 0.4) is 0 Å². The Morgan fingerprint density at radius 3 is 2.45 bits per heavy atom. The molecule has 0 saturated carbocycles. The van der Waals surface area contributed by atoms with Gasteiger partial charge in [-0.1, -0.05) is 25.0 Å². The van der Waals surface area contributed by atoms with Gasteiger partial charge in [0.05, 0.1) is 19.6 Å². The van der Waals surface area contributed by atoms with Crippen LogP contribution in [0.15, 0.2) is 24.3 Å². The van der Waals surface area contributed by atoms with Gasteiger partial charge in [0, 0.05) is 5.69 Å². The molecule has 0 aliphatic rings. The molecule has 0 radical (unpaired) electrons. The SMILES string of the molecule is C#CCN(CC(=O)O)CC(=O)Nc1ccc(CC)cc1. The monoisotopic (exact) mass is 274 g/mol. The molecule has 5 nitrogen and oxygen atoms in total. The minimum atomic E-state index is -1.01. The normalized spacial score (nSPS) is 10.1. The Bertz CT molecular complexity index is 503. The number of carbonyl (C=O) groups is 2. The van der Waals surface area contributed by atoms with Crippen molar-refractivity contribution < 1.29 is 14.7 Å². The quantitative estimate of drug-likeness (QED) is 0.733. The molecule has 0 bridgehead atoms. The van der Waals surface area contributed by atoms with Gasteiger partial charge < -0.3 is 10.4 Å². The van der Waals surface area contributed by atoms with E-state index in [0.29, 0.717) is 5.69 Å². The highest BCUT2D eigenvalue weighted by Crippen LogP contribution is 2.09. The molecule has 1 rings (SSSR count). The van der Waals surface area contributed by atoms with E-state index >= 15 is 0 Å². The number of hydrogen-bond acceptors (Lipinski definition) is 3. The summed E-state index contributed by atoms with van der Waals surface area (Å²) >= 11 is 0. The summed E-state index contributed by atoms with van der Waals surface area (Å²) < 4.78 is 0. The number of nitrogens with zero attached hydrogens (tertiary/aromatic N) is 1. The molecule has 0 spiro atoms. The van der Waals surface area contributed by atoms with E-state index in [1.807, 2.05) is 24.3 Å². The van der Waals surface area contributed by atoms with Crippen LogP contribution in [0.1, 0.15) is 12.5 Å². The second-order valence-corrected chi connectivity index (χ2v) is 4.34.